The van der Waals surface area contributed by atoms with Gasteiger partial charge in [0.05, 0.1) is 11.4 Å². The average molecular weight is 442 g/mol. The second kappa shape index (κ2) is 8.79. The molecule has 0 saturated carbocycles. The van der Waals surface area contributed by atoms with Crippen LogP contribution in [0.3, 0.4) is 0 Å². The summed E-state index contributed by atoms with van der Waals surface area (Å²) in [7, 11) is 0. The van der Waals surface area contributed by atoms with E-state index >= 15 is 0 Å². The molecule has 0 heterocycles. The molecule has 5 nitrogen and oxygen atoms in total. The molecule has 4 aromatic carbocycles. The van der Waals surface area contributed by atoms with Gasteiger partial charge in [0.25, 0.3) is 0 Å². The summed E-state index contributed by atoms with van der Waals surface area (Å²) in [6.07, 6.45) is 0. The van der Waals surface area contributed by atoms with Crippen molar-refractivity contribution >= 4 is 17.1 Å². The third kappa shape index (κ3) is 4.58. The van der Waals surface area contributed by atoms with Gasteiger partial charge in [-0.1, -0.05) is 12.1 Å². The number of aryl methyl sites for hydroxylation is 3. The van der Waals surface area contributed by atoms with Gasteiger partial charge in [-0.05, 0) is 105 Å². The fourth-order valence-electron chi connectivity index (χ4n) is 3.74. The molecular weight excluding hydrogens is 414 g/mol. The van der Waals surface area contributed by atoms with Gasteiger partial charge in [0.15, 0.2) is 0 Å². The van der Waals surface area contributed by atoms with Gasteiger partial charge in [-0.3, -0.25) is 0 Å². The zero-order chi connectivity index (χ0) is 23.7. The summed E-state index contributed by atoms with van der Waals surface area (Å²) in [5.74, 6) is 1.59. The Morgan fingerprint density at radius 1 is 0.576 bits per heavy atom. The maximum absolute atomic E-state index is 10.6. The molecule has 0 atom stereocenters. The van der Waals surface area contributed by atoms with Crippen LogP contribution in [0.5, 0.6) is 28.7 Å². The van der Waals surface area contributed by atoms with E-state index in [1.165, 1.54) is 0 Å². The molecule has 168 valence electrons. The molecule has 0 radical (unpaired) electrons. The molecule has 0 unspecified atom stereocenters. The van der Waals surface area contributed by atoms with Crippen molar-refractivity contribution in [1.82, 2.24) is 0 Å². The third-order valence-corrected chi connectivity index (χ3v) is 5.54. The van der Waals surface area contributed by atoms with Crippen LogP contribution in [0.15, 0.2) is 72.8 Å². The first kappa shape index (κ1) is 22.1. The highest BCUT2D eigenvalue weighted by atomic mass is 16.5. The lowest BCUT2D eigenvalue weighted by molar-refractivity contribution is 0.447. The second-order valence-electron chi connectivity index (χ2n) is 8.32. The molecule has 33 heavy (non-hydrogen) atoms. The largest absolute Gasteiger partial charge is 0.508 e. The average Bonchev–Trinajstić information content (AvgIpc) is 2.77. The quantitative estimate of drug-likeness (QED) is 0.303. The summed E-state index contributed by atoms with van der Waals surface area (Å²) >= 11 is 0. The fraction of sp³-hybridized carbons (Fsp3) is 0.143. The Morgan fingerprint density at radius 2 is 1.12 bits per heavy atom. The monoisotopic (exact) mass is 441 g/mol. The number of hydrogen-bond donors (Lipinski definition) is 3. The van der Waals surface area contributed by atoms with E-state index in [4.69, 9.17) is 4.74 Å². The van der Waals surface area contributed by atoms with Crippen molar-refractivity contribution in [3.8, 4) is 28.7 Å². The number of phenolic OH excluding ortho intramolecular Hbond substituents is 3. The minimum atomic E-state index is 0.104. The first-order valence-corrected chi connectivity index (χ1v) is 10.7. The fourth-order valence-corrected chi connectivity index (χ4v) is 3.74. The molecule has 0 aliphatic rings. The van der Waals surface area contributed by atoms with Gasteiger partial charge in [0.2, 0.25) is 0 Å². The first-order valence-electron chi connectivity index (χ1n) is 10.7. The van der Waals surface area contributed by atoms with Gasteiger partial charge in [-0.2, -0.15) is 0 Å². The van der Waals surface area contributed by atoms with E-state index in [0.717, 1.165) is 22.4 Å². The minimum Gasteiger partial charge on any atom is -0.508 e. The predicted octanol–water partition coefficient (Wildman–Crippen LogP) is 7.30. The summed E-state index contributed by atoms with van der Waals surface area (Å²) in [5, 5.41) is 31.4. The van der Waals surface area contributed by atoms with Gasteiger partial charge in [-0.15, -0.1) is 0 Å². The molecule has 0 amide bonds. The molecular formula is C28H27NO4. The van der Waals surface area contributed by atoms with Crippen molar-refractivity contribution < 1.29 is 20.1 Å². The van der Waals surface area contributed by atoms with Crippen molar-refractivity contribution in [3.63, 3.8) is 0 Å². The standard InChI is InChI=1S/C28H27NO4/c1-17-5-11-25(30)23(13-17)29(24-14-18(2)6-12-26(24)31)21-7-9-22(10-8-21)33-28-16-19(3)15-27(32)20(28)4/h5-16,30-32H,1-4H3. The molecule has 0 fully saturated rings. The number of phenols is 3. The van der Waals surface area contributed by atoms with Gasteiger partial charge >= 0.3 is 0 Å². The highest BCUT2D eigenvalue weighted by Gasteiger charge is 2.20. The maximum Gasteiger partial charge on any atom is 0.139 e. The van der Waals surface area contributed by atoms with E-state index < -0.39 is 0 Å². The molecule has 0 spiro atoms. The summed E-state index contributed by atoms with van der Waals surface area (Å²) in [6, 6.07) is 21.7. The second-order valence-corrected chi connectivity index (χ2v) is 8.32. The number of aromatic hydroxyl groups is 3. The molecule has 0 saturated heterocycles. The Bertz CT molecular complexity index is 1260. The Hall–Kier alpha value is -4.12. The van der Waals surface area contributed by atoms with Crippen molar-refractivity contribution in [1.29, 1.82) is 0 Å². The maximum atomic E-state index is 10.6. The molecule has 0 aliphatic carbocycles. The third-order valence-electron chi connectivity index (χ3n) is 5.54. The molecule has 0 aliphatic heterocycles. The zero-order valence-electron chi connectivity index (χ0n) is 19.1. The number of hydrogen-bond acceptors (Lipinski definition) is 5. The van der Waals surface area contributed by atoms with Crippen molar-refractivity contribution in [2.75, 3.05) is 4.90 Å². The van der Waals surface area contributed by atoms with Crippen LogP contribution >= 0.6 is 0 Å². The van der Waals surface area contributed by atoms with Crippen LogP contribution in [0.2, 0.25) is 0 Å². The van der Waals surface area contributed by atoms with Crippen molar-refractivity contribution in [2.45, 2.75) is 27.7 Å². The van der Waals surface area contributed by atoms with Crippen LogP contribution in [0, 0.1) is 27.7 Å². The van der Waals surface area contributed by atoms with Gasteiger partial charge in [0, 0.05) is 11.3 Å². The summed E-state index contributed by atoms with van der Waals surface area (Å²) in [5.41, 5.74) is 5.40. The molecule has 5 heteroatoms. The minimum absolute atomic E-state index is 0.104. The van der Waals surface area contributed by atoms with Crippen molar-refractivity contribution in [3.05, 3.63) is 95.1 Å². The Morgan fingerprint density at radius 3 is 1.67 bits per heavy atom. The smallest absolute Gasteiger partial charge is 0.139 e. The lowest BCUT2D eigenvalue weighted by Crippen LogP contribution is -2.11. The van der Waals surface area contributed by atoms with Gasteiger partial charge in [-0.25, -0.2) is 0 Å². The molecule has 4 aromatic rings. The molecule has 3 N–H and O–H groups in total. The zero-order valence-corrected chi connectivity index (χ0v) is 19.1. The van der Waals surface area contributed by atoms with Crippen LogP contribution < -0.4 is 9.64 Å². The Balaban J connectivity index is 1.77. The predicted molar refractivity (Wildman–Crippen MR) is 132 cm³/mol. The Kier molecular flexibility index (Phi) is 5.88. The molecule has 0 aromatic heterocycles. The topological polar surface area (TPSA) is 73.2 Å². The summed E-state index contributed by atoms with van der Waals surface area (Å²) in [4.78, 5) is 1.82. The van der Waals surface area contributed by atoms with E-state index in [9.17, 15) is 15.3 Å². The highest BCUT2D eigenvalue weighted by molar-refractivity contribution is 5.83. The highest BCUT2D eigenvalue weighted by Crippen LogP contribution is 2.44. The van der Waals surface area contributed by atoms with Crippen LogP contribution in [0.4, 0.5) is 17.1 Å². The van der Waals surface area contributed by atoms with Crippen LogP contribution in [-0.4, -0.2) is 15.3 Å². The van der Waals surface area contributed by atoms with Crippen LogP contribution in [0.25, 0.3) is 0 Å². The first-order chi connectivity index (χ1) is 15.7. The number of ether oxygens (including phenoxy) is 1. The molecule has 4 rings (SSSR count). The number of benzene rings is 4. The van der Waals surface area contributed by atoms with E-state index in [0.29, 0.717) is 28.4 Å². The van der Waals surface area contributed by atoms with E-state index in [1.54, 1.807) is 25.1 Å². The molecule has 0 bridgehead atoms. The van der Waals surface area contributed by atoms with E-state index in [2.05, 4.69) is 0 Å². The SMILES string of the molecule is Cc1cc(O)c(C)c(Oc2ccc(N(c3cc(C)ccc3O)c3cc(C)ccc3O)cc2)c1. The number of anilines is 3. The normalized spacial score (nSPS) is 10.8. The number of nitrogens with zero attached hydrogens (tertiary/aromatic N) is 1. The van der Waals surface area contributed by atoms with E-state index in [-0.39, 0.29) is 17.2 Å². The van der Waals surface area contributed by atoms with Gasteiger partial charge in [0.1, 0.15) is 28.7 Å². The number of rotatable bonds is 5. The van der Waals surface area contributed by atoms with Crippen molar-refractivity contribution in [2.24, 2.45) is 0 Å². The van der Waals surface area contributed by atoms with E-state index in [1.807, 2.05) is 80.3 Å². The Labute approximate surface area is 193 Å². The lowest BCUT2D eigenvalue weighted by Gasteiger charge is -2.27. The summed E-state index contributed by atoms with van der Waals surface area (Å²) < 4.78 is 6.03. The van der Waals surface area contributed by atoms with Gasteiger partial charge < -0.3 is 25.0 Å². The van der Waals surface area contributed by atoms with Crippen LogP contribution in [-0.2, 0) is 0 Å². The lowest BCUT2D eigenvalue weighted by atomic mass is 10.1. The van der Waals surface area contributed by atoms with Crippen LogP contribution in [0.1, 0.15) is 22.3 Å². The summed E-state index contributed by atoms with van der Waals surface area (Å²) in [6.45, 7) is 7.61.